The van der Waals surface area contributed by atoms with Crippen molar-refractivity contribution in [1.29, 1.82) is 0 Å². The minimum atomic E-state index is 1.01. The maximum Gasteiger partial charge on any atom is 0.0946 e. The van der Waals surface area contributed by atoms with Gasteiger partial charge in [0.05, 0.1) is 6.33 Å². The molecule has 1 aromatic rings. The number of nitrogens with one attached hydrogen (secondary N) is 1. The molecule has 1 heterocycles. The van der Waals surface area contributed by atoms with Crippen LogP contribution in [0.15, 0.2) is 18.7 Å². The molecule has 0 bridgehead atoms. The first-order chi connectivity index (χ1) is 6.33. The van der Waals surface area contributed by atoms with Crippen molar-refractivity contribution < 1.29 is 0 Å². The van der Waals surface area contributed by atoms with Crippen LogP contribution >= 0.6 is 0 Å². The molecular weight excluding hydrogens is 164 g/mol. The van der Waals surface area contributed by atoms with Crippen molar-refractivity contribution in [1.82, 2.24) is 19.8 Å². The predicted octanol–water partition coefficient (Wildman–Crippen LogP) is 0.0343. The molecule has 4 heteroatoms. The normalized spacial score (nSPS) is 11.0. The van der Waals surface area contributed by atoms with Gasteiger partial charge in [-0.05, 0) is 14.1 Å². The van der Waals surface area contributed by atoms with Gasteiger partial charge in [-0.15, -0.1) is 0 Å². The molecule has 0 fully saturated rings. The number of hydrogen-bond donors (Lipinski definition) is 1. The molecule has 0 aliphatic rings. The molecule has 1 rings (SSSR count). The molecule has 0 saturated carbocycles. The van der Waals surface area contributed by atoms with Crippen LogP contribution < -0.4 is 5.32 Å². The molecule has 0 aliphatic carbocycles. The summed E-state index contributed by atoms with van der Waals surface area (Å²) in [5, 5.41) is 3.13. The standard InChI is InChI=1S/C9H18N4/c1-10-3-5-12(2)7-8-13-6-4-11-9-13/h4,6,9-10H,3,5,7-8H2,1-2H3. The first kappa shape index (κ1) is 10.2. The van der Waals surface area contributed by atoms with Crippen LogP contribution in [0.25, 0.3) is 0 Å². The Labute approximate surface area is 79.6 Å². The molecule has 0 unspecified atom stereocenters. The summed E-state index contributed by atoms with van der Waals surface area (Å²) in [7, 11) is 4.11. The quantitative estimate of drug-likeness (QED) is 0.674. The zero-order chi connectivity index (χ0) is 9.52. The Balaban J connectivity index is 2.11. The van der Waals surface area contributed by atoms with Gasteiger partial charge in [0, 0.05) is 38.6 Å². The Bertz CT molecular complexity index is 207. The molecule has 1 aromatic heterocycles. The minimum absolute atomic E-state index is 1.01. The first-order valence-corrected chi connectivity index (χ1v) is 4.62. The average Bonchev–Trinajstić information content (AvgIpc) is 2.64. The second-order valence-electron chi connectivity index (χ2n) is 3.21. The van der Waals surface area contributed by atoms with E-state index in [9.17, 15) is 0 Å². The maximum absolute atomic E-state index is 3.99. The van der Waals surface area contributed by atoms with Gasteiger partial charge < -0.3 is 14.8 Å². The number of imidazole rings is 1. The average molecular weight is 182 g/mol. The smallest absolute Gasteiger partial charge is 0.0946 e. The lowest BCUT2D eigenvalue weighted by molar-refractivity contribution is 0.320. The lowest BCUT2D eigenvalue weighted by Gasteiger charge is -2.16. The van der Waals surface area contributed by atoms with Crippen LogP contribution in [0.1, 0.15) is 0 Å². The highest BCUT2D eigenvalue weighted by molar-refractivity contribution is 4.74. The van der Waals surface area contributed by atoms with Gasteiger partial charge in [0.1, 0.15) is 0 Å². The second-order valence-corrected chi connectivity index (χ2v) is 3.21. The van der Waals surface area contributed by atoms with E-state index in [1.807, 2.05) is 25.8 Å². The van der Waals surface area contributed by atoms with Crippen molar-refractivity contribution in [3.8, 4) is 0 Å². The molecule has 0 saturated heterocycles. The van der Waals surface area contributed by atoms with Gasteiger partial charge in [-0.2, -0.15) is 0 Å². The van der Waals surface area contributed by atoms with Gasteiger partial charge in [0.15, 0.2) is 0 Å². The number of nitrogens with zero attached hydrogens (tertiary/aromatic N) is 3. The van der Waals surface area contributed by atoms with Crippen molar-refractivity contribution in [3.05, 3.63) is 18.7 Å². The van der Waals surface area contributed by atoms with E-state index in [0.717, 1.165) is 26.2 Å². The Morgan fingerprint density at radius 3 is 2.92 bits per heavy atom. The molecule has 13 heavy (non-hydrogen) atoms. The van der Waals surface area contributed by atoms with Crippen molar-refractivity contribution in [2.75, 3.05) is 33.7 Å². The van der Waals surface area contributed by atoms with Gasteiger partial charge >= 0.3 is 0 Å². The molecule has 0 radical (unpaired) electrons. The molecule has 74 valence electrons. The molecule has 0 aliphatic heterocycles. The molecule has 0 atom stereocenters. The fraction of sp³-hybridized carbons (Fsp3) is 0.667. The topological polar surface area (TPSA) is 33.1 Å². The summed E-state index contributed by atoms with van der Waals surface area (Å²) in [4.78, 5) is 6.30. The number of rotatable bonds is 6. The van der Waals surface area contributed by atoms with Gasteiger partial charge in [-0.3, -0.25) is 0 Å². The summed E-state index contributed by atoms with van der Waals surface area (Å²) in [6.07, 6.45) is 5.66. The third-order valence-electron chi connectivity index (χ3n) is 2.04. The van der Waals surface area contributed by atoms with E-state index in [1.54, 1.807) is 0 Å². The van der Waals surface area contributed by atoms with E-state index in [2.05, 4.69) is 26.8 Å². The van der Waals surface area contributed by atoms with E-state index < -0.39 is 0 Å². The van der Waals surface area contributed by atoms with Crippen LogP contribution in [0, 0.1) is 0 Å². The van der Waals surface area contributed by atoms with Crippen molar-refractivity contribution in [2.24, 2.45) is 0 Å². The Hall–Kier alpha value is -0.870. The summed E-state index contributed by atoms with van der Waals surface area (Å²) in [5.41, 5.74) is 0. The van der Waals surface area contributed by atoms with Crippen LogP contribution in [0.4, 0.5) is 0 Å². The zero-order valence-corrected chi connectivity index (χ0v) is 8.40. The first-order valence-electron chi connectivity index (χ1n) is 4.62. The summed E-state index contributed by atoms with van der Waals surface area (Å²) in [6, 6.07) is 0. The van der Waals surface area contributed by atoms with Gasteiger partial charge in [-0.1, -0.05) is 0 Å². The van der Waals surface area contributed by atoms with E-state index in [4.69, 9.17) is 0 Å². The van der Waals surface area contributed by atoms with Gasteiger partial charge in [-0.25, -0.2) is 4.98 Å². The monoisotopic (exact) mass is 182 g/mol. The van der Waals surface area contributed by atoms with Crippen molar-refractivity contribution in [3.63, 3.8) is 0 Å². The van der Waals surface area contributed by atoms with Crippen LogP contribution in [0.3, 0.4) is 0 Å². The van der Waals surface area contributed by atoms with Crippen LogP contribution in [0.2, 0.25) is 0 Å². The Morgan fingerprint density at radius 1 is 1.46 bits per heavy atom. The van der Waals surface area contributed by atoms with E-state index >= 15 is 0 Å². The predicted molar refractivity (Wildman–Crippen MR) is 53.7 cm³/mol. The fourth-order valence-electron chi connectivity index (χ4n) is 1.12. The summed E-state index contributed by atoms with van der Waals surface area (Å²) in [5.74, 6) is 0. The summed E-state index contributed by atoms with van der Waals surface area (Å²) in [6.45, 7) is 4.21. The minimum Gasteiger partial charge on any atom is -0.336 e. The highest BCUT2D eigenvalue weighted by atomic mass is 15.1. The maximum atomic E-state index is 3.99. The molecule has 0 spiro atoms. The third-order valence-corrected chi connectivity index (χ3v) is 2.04. The Morgan fingerprint density at radius 2 is 2.31 bits per heavy atom. The molecule has 4 nitrogen and oxygen atoms in total. The van der Waals surface area contributed by atoms with Gasteiger partial charge in [0.25, 0.3) is 0 Å². The van der Waals surface area contributed by atoms with Gasteiger partial charge in [0.2, 0.25) is 0 Å². The largest absolute Gasteiger partial charge is 0.336 e. The van der Waals surface area contributed by atoms with Crippen molar-refractivity contribution >= 4 is 0 Å². The summed E-state index contributed by atoms with van der Waals surface area (Å²) >= 11 is 0. The lowest BCUT2D eigenvalue weighted by Crippen LogP contribution is -2.29. The van der Waals surface area contributed by atoms with Crippen molar-refractivity contribution in [2.45, 2.75) is 6.54 Å². The van der Waals surface area contributed by atoms with Crippen LogP contribution in [-0.2, 0) is 6.54 Å². The zero-order valence-electron chi connectivity index (χ0n) is 8.40. The molecule has 0 amide bonds. The highest BCUT2D eigenvalue weighted by Crippen LogP contribution is 1.88. The van der Waals surface area contributed by atoms with E-state index in [0.29, 0.717) is 0 Å². The molecular formula is C9H18N4. The highest BCUT2D eigenvalue weighted by Gasteiger charge is 1.96. The lowest BCUT2D eigenvalue weighted by atomic mass is 10.5. The second kappa shape index (κ2) is 5.72. The SMILES string of the molecule is CNCCN(C)CCn1ccnc1. The number of likely N-dealkylation sites (N-methyl/N-ethyl adjacent to an activating group) is 2. The number of hydrogen-bond acceptors (Lipinski definition) is 3. The fourth-order valence-corrected chi connectivity index (χ4v) is 1.12. The van der Waals surface area contributed by atoms with Crippen LogP contribution in [-0.4, -0.2) is 48.2 Å². The Kier molecular flexibility index (Phi) is 4.49. The molecule has 0 aromatic carbocycles. The summed E-state index contributed by atoms with van der Waals surface area (Å²) < 4.78 is 2.09. The van der Waals surface area contributed by atoms with E-state index in [1.165, 1.54) is 0 Å². The van der Waals surface area contributed by atoms with Crippen LogP contribution in [0.5, 0.6) is 0 Å². The third kappa shape index (κ3) is 4.05. The number of aromatic nitrogens is 2. The molecule has 1 N–H and O–H groups in total. The van der Waals surface area contributed by atoms with E-state index in [-0.39, 0.29) is 0 Å².